The third-order valence-electron chi connectivity index (χ3n) is 4.40. The summed E-state index contributed by atoms with van der Waals surface area (Å²) in [5.74, 6) is 1.98. The number of imidazole rings is 1. The summed E-state index contributed by atoms with van der Waals surface area (Å²) in [6.45, 7) is 6.34. The molecule has 21 heavy (non-hydrogen) atoms. The first kappa shape index (κ1) is 14.4. The molecule has 2 aromatic rings. The maximum absolute atomic E-state index is 4.85. The molecule has 0 atom stereocenters. The lowest BCUT2D eigenvalue weighted by Crippen LogP contribution is -2.31. The standard InChI is InChI=1S/C17H26N4/c1-13(2)18-11-15-17(20(3)12-14-7-6-8-14)19-16-9-4-5-10-21(15)16/h4-5,9-10,13-14,18H,6-8,11-12H2,1-3H3. The molecule has 1 aliphatic carbocycles. The summed E-state index contributed by atoms with van der Waals surface area (Å²) in [4.78, 5) is 7.19. The van der Waals surface area contributed by atoms with Crippen molar-refractivity contribution in [3.8, 4) is 0 Å². The van der Waals surface area contributed by atoms with Gasteiger partial charge in [0, 0.05) is 32.4 Å². The lowest BCUT2D eigenvalue weighted by atomic mass is 9.85. The Bertz CT molecular complexity index is 598. The van der Waals surface area contributed by atoms with Crippen LogP contribution in [0.2, 0.25) is 0 Å². The molecule has 3 rings (SSSR count). The van der Waals surface area contributed by atoms with E-state index in [9.17, 15) is 0 Å². The molecule has 0 amide bonds. The Balaban J connectivity index is 1.89. The molecule has 0 saturated heterocycles. The van der Waals surface area contributed by atoms with Crippen molar-refractivity contribution in [1.29, 1.82) is 0 Å². The quantitative estimate of drug-likeness (QED) is 0.886. The van der Waals surface area contributed by atoms with Gasteiger partial charge in [0.25, 0.3) is 0 Å². The molecule has 0 spiro atoms. The van der Waals surface area contributed by atoms with Crippen LogP contribution in [0.5, 0.6) is 0 Å². The minimum absolute atomic E-state index is 0.476. The van der Waals surface area contributed by atoms with Gasteiger partial charge in [0.15, 0.2) is 5.82 Å². The molecule has 1 aliphatic rings. The fourth-order valence-corrected chi connectivity index (χ4v) is 2.95. The number of anilines is 1. The highest BCUT2D eigenvalue weighted by molar-refractivity contribution is 5.55. The number of hydrogen-bond acceptors (Lipinski definition) is 3. The minimum Gasteiger partial charge on any atom is -0.358 e. The van der Waals surface area contributed by atoms with E-state index in [1.807, 2.05) is 0 Å². The van der Waals surface area contributed by atoms with Crippen molar-refractivity contribution in [2.75, 3.05) is 18.5 Å². The maximum Gasteiger partial charge on any atom is 0.152 e. The van der Waals surface area contributed by atoms with Crippen LogP contribution in [-0.4, -0.2) is 29.0 Å². The summed E-state index contributed by atoms with van der Waals surface area (Å²) in [5.41, 5.74) is 2.30. The van der Waals surface area contributed by atoms with Gasteiger partial charge in [0.05, 0.1) is 5.69 Å². The van der Waals surface area contributed by atoms with Crippen LogP contribution in [0, 0.1) is 5.92 Å². The third-order valence-corrected chi connectivity index (χ3v) is 4.40. The highest BCUT2D eigenvalue weighted by Gasteiger charge is 2.22. The zero-order valence-electron chi connectivity index (χ0n) is 13.3. The highest BCUT2D eigenvalue weighted by Crippen LogP contribution is 2.29. The summed E-state index contributed by atoms with van der Waals surface area (Å²) in [7, 11) is 2.18. The lowest BCUT2D eigenvalue weighted by Gasteiger charge is -2.30. The molecule has 0 aliphatic heterocycles. The first-order chi connectivity index (χ1) is 10.1. The summed E-state index contributed by atoms with van der Waals surface area (Å²) in [6.07, 6.45) is 6.25. The normalized spacial score (nSPS) is 15.6. The second-order valence-corrected chi connectivity index (χ2v) is 6.52. The van der Waals surface area contributed by atoms with Crippen molar-refractivity contribution in [3.05, 3.63) is 30.1 Å². The van der Waals surface area contributed by atoms with E-state index in [0.29, 0.717) is 6.04 Å². The van der Waals surface area contributed by atoms with Crippen LogP contribution in [-0.2, 0) is 6.54 Å². The Labute approximate surface area is 127 Å². The average molecular weight is 286 g/mol. The molecule has 114 valence electrons. The fraction of sp³-hybridized carbons (Fsp3) is 0.588. The number of nitrogens with one attached hydrogen (secondary N) is 1. The van der Waals surface area contributed by atoms with Crippen LogP contribution in [0.3, 0.4) is 0 Å². The molecule has 2 heterocycles. The average Bonchev–Trinajstić information content (AvgIpc) is 2.79. The molecule has 1 saturated carbocycles. The van der Waals surface area contributed by atoms with E-state index < -0.39 is 0 Å². The van der Waals surface area contributed by atoms with Crippen LogP contribution in [0.15, 0.2) is 24.4 Å². The molecule has 0 bridgehead atoms. The Kier molecular flexibility index (Phi) is 4.15. The first-order valence-electron chi connectivity index (χ1n) is 8.05. The molecule has 0 aromatic carbocycles. The van der Waals surface area contributed by atoms with Crippen molar-refractivity contribution >= 4 is 11.5 Å². The van der Waals surface area contributed by atoms with Gasteiger partial charge in [-0.2, -0.15) is 0 Å². The highest BCUT2D eigenvalue weighted by atomic mass is 15.2. The predicted octanol–water partition coefficient (Wildman–Crippen LogP) is 3.07. The van der Waals surface area contributed by atoms with E-state index in [4.69, 9.17) is 4.98 Å². The van der Waals surface area contributed by atoms with Gasteiger partial charge < -0.3 is 14.6 Å². The van der Waals surface area contributed by atoms with Crippen molar-refractivity contribution in [3.63, 3.8) is 0 Å². The fourth-order valence-electron chi connectivity index (χ4n) is 2.95. The van der Waals surface area contributed by atoms with Crippen LogP contribution in [0.4, 0.5) is 5.82 Å². The Hall–Kier alpha value is -1.55. The topological polar surface area (TPSA) is 32.6 Å². The molecule has 1 N–H and O–H groups in total. The lowest BCUT2D eigenvalue weighted by molar-refractivity contribution is 0.321. The Morgan fingerprint density at radius 2 is 2.19 bits per heavy atom. The SMILES string of the molecule is CC(C)NCc1c(N(C)CC2CCC2)nc2ccccn12. The van der Waals surface area contributed by atoms with Crippen molar-refractivity contribution in [2.45, 2.75) is 45.7 Å². The second-order valence-electron chi connectivity index (χ2n) is 6.52. The number of nitrogens with zero attached hydrogens (tertiary/aromatic N) is 3. The van der Waals surface area contributed by atoms with E-state index in [0.717, 1.165) is 30.5 Å². The molecular weight excluding hydrogens is 260 g/mol. The van der Waals surface area contributed by atoms with Crippen LogP contribution in [0.25, 0.3) is 5.65 Å². The van der Waals surface area contributed by atoms with Crippen LogP contribution < -0.4 is 10.2 Å². The number of hydrogen-bond donors (Lipinski definition) is 1. The predicted molar refractivity (Wildman–Crippen MR) is 87.8 cm³/mol. The van der Waals surface area contributed by atoms with E-state index in [1.54, 1.807) is 0 Å². The van der Waals surface area contributed by atoms with Crippen molar-refractivity contribution in [1.82, 2.24) is 14.7 Å². The minimum atomic E-state index is 0.476. The van der Waals surface area contributed by atoms with Gasteiger partial charge in [0.1, 0.15) is 5.65 Å². The third kappa shape index (κ3) is 3.05. The van der Waals surface area contributed by atoms with Gasteiger partial charge in [-0.1, -0.05) is 26.3 Å². The molecule has 4 heteroatoms. The van der Waals surface area contributed by atoms with E-state index >= 15 is 0 Å². The molecular formula is C17H26N4. The largest absolute Gasteiger partial charge is 0.358 e. The molecule has 4 nitrogen and oxygen atoms in total. The Morgan fingerprint density at radius 3 is 2.86 bits per heavy atom. The Morgan fingerprint density at radius 1 is 1.38 bits per heavy atom. The van der Waals surface area contributed by atoms with Gasteiger partial charge >= 0.3 is 0 Å². The van der Waals surface area contributed by atoms with Gasteiger partial charge in [-0.3, -0.25) is 0 Å². The number of rotatable bonds is 6. The smallest absolute Gasteiger partial charge is 0.152 e. The number of aromatic nitrogens is 2. The monoisotopic (exact) mass is 286 g/mol. The zero-order valence-corrected chi connectivity index (χ0v) is 13.3. The summed E-state index contributed by atoms with van der Waals surface area (Å²) < 4.78 is 2.21. The van der Waals surface area contributed by atoms with Crippen molar-refractivity contribution in [2.24, 2.45) is 5.92 Å². The second kappa shape index (κ2) is 6.06. The molecule has 0 radical (unpaired) electrons. The number of fused-ring (bicyclic) bond motifs is 1. The molecule has 0 unspecified atom stereocenters. The van der Waals surface area contributed by atoms with E-state index in [2.05, 4.69) is 59.9 Å². The summed E-state index contributed by atoms with van der Waals surface area (Å²) in [5, 5.41) is 3.53. The maximum atomic E-state index is 4.85. The van der Waals surface area contributed by atoms with Crippen LogP contribution >= 0.6 is 0 Å². The van der Waals surface area contributed by atoms with Gasteiger partial charge in [-0.25, -0.2) is 4.98 Å². The number of pyridine rings is 1. The summed E-state index contributed by atoms with van der Waals surface area (Å²) in [6, 6.07) is 6.68. The summed E-state index contributed by atoms with van der Waals surface area (Å²) >= 11 is 0. The van der Waals surface area contributed by atoms with Crippen LogP contribution in [0.1, 0.15) is 38.8 Å². The first-order valence-corrected chi connectivity index (χ1v) is 8.05. The van der Waals surface area contributed by atoms with Gasteiger partial charge in [-0.15, -0.1) is 0 Å². The van der Waals surface area contributed by atoms with E-state index in [1.165, 1.54) is 25.0 Å². The van der Waals surface area contributed by atoms with Crippen molar-refractivity contribution < 1.29 is 0 Å². The zero-order chi connectivity index (χ0) is 14.8. The molecule has 1 fully saturated rings. The molecule has 2 aromatic heterocycles. The van der Waals surface area contributed by atoms with Gasteiger partial charge in [-0.05, 0) is 30.9 Å². The van der Waals surface area contributed by atoms with E-state index in [-0.39, 0.29) is 0 Å². The van der Waals surface area contributed by atoms with Gasteiger partial charge in [0.2, 0.25) is 0 Å².